The van der Waals surface area contributed by atoms with Crippen molar-refractivity contribution in [1.29, 1.82) is 0 Å². The lowest BCUT2D eigenvalue weighted by Gasteiger charge is -2.05. The molecule has 0 bridgehead atoms. The fourth-order valence-corrected chi connectivity index (χ4v) is 4.06. The van der Waals surface area contributed by atoms with Crippen LogP contribution in [0.1, 0.15) is 24.4 Å². The lowest BCUT2D eigenvalue weighted by molar-refractivity contribution is 0.628. The Balaban J connectivity index is 1.63. The summed E-state index contributed by atoms with van der Waals surface area (Å²) in [4.78, 5) is 14.0. The van der Waals surface area contributed by atoms with Gasteiger partial charge in [-0.3, -0.25) is 4.57 Å². The van der Waals surface area contributed by atoms with Gasteiger partial charge in [0.25, 0.3) is 0 Å². The minimum absolute atomic E-state index is 0.00108. The Kier molecular flexibility index (Phi) is 3.35. The van der Waals surface area contributed by atoms with Gasteiger partial charge in [0.2, 0.25) is 0 Å². The van der Waals surface area contributed by atoms with Crippen molar-refractivity contribution < 1.29 is 0 Å². The number of fused-ring (bicyclic) bond motifs is 1. The van der Waals surface area contributed by atoms with Gasteiger partial charge in [0, 0.05) is 6.04 Å². The van der Waals surface area contributed by atoms with Crippen LogP contribution in [0.15, 0.2) is 64.8 Å². The molecule has 2 aromatic carbocycles. The van der Waals surface area contributed by atoms with Crippen molar-refractivity contribution in [3.05, 3.63) is 76.0 Å². The van der Waals surface area contributed by atoms with Crippen molar-refractivity contribution in [2.45, 2.75) is 25.4 Å². The van der Waals surface area contributed by atoms with Gasteiger partial charge in [-0.15, -0.1) is 16.4 Å². The fraction of sp³-hybridized carbons (Fsp3) is 0.200. The average Bonchev–Trinajstić information content (AvgIpc) is 3.22. The molecular formula is C20H17N3OS. The molecule has 0 atom stereocenters. The van der Waals surface area contributed by atoms with Crippen LogP contribution in [0.3, 0.4) is 0 Å². The Morgan fingerprint density at radius 3 is 2.68 bits per heavy atom. The van der Waals surface area contributed by atoms with E-state index in [4.69, 9.17) is 5.10 Å². The Labute approximate surface area is 149 Å². The predicted octanol–water partition coefficient (Wildman–Crippen LogP) is 4.31. The van der Waals surface area contributed by atoms with Gasteiger partial charge in [-0.2, -0.15) is 0 Å². The van der Waals surface area contributed by atoms with E-state index in [1.54, 1.807) is 16.0 Å². The summed E-state index contributed by atoms with van der Waals surface area (Å²) in [5.41, 5.74) is 1.12. The second kappa shape index (κ2) is 5.70. The van der Waals surface area contributed by atoms with Crippen LogP contribution in [0.2, 0.25) is 0 Å². The van der Waals surface area contributed by atoms with Crippen LogP contribution in [-0.4, -0.2) is 14.3 Å². The van der Waals surface area contributed by atoms with Crippen LogP contribution in [0.5, 0.6) is 0 Å². The third kappa shape index (κ3) is 2.51. The summed E-state index contributed by atoms with van der Waals surface area (Å²) in [6, 6.07) is 18.8. The number of hydrogen-bond donors (Lipinski definition) is 0. The fourth-order valence-electron chi connectivity index (χ4n) is 3.35. The largest absolute Gasteiger partial charge is 0.346 e. The molecule has 1 saturated carbocycles. The van der Waals surface area contributed by atoms with E-state index >= 15 is 0 Å². The summed E-state index contributed by atoms with van der Waals surface area (Å²) in [6.45, 7) is 0.498. The van der Waals surface area contributed by atoms with Gasteiger partial charge < -0.3 is 0 Å². The van der Waals surface area contributed by atoms with E-state index in [0.717, 1.165) is 29.1 Å². The molecule has 4 aromatic rings. The summed E-state index contributed by atoms with van der Waals surface area (Å²) >= 11 is 1.63. The van der Waals surface area contributed by atoms with Crippen molar-refractivity contribution in [3.8, 4) is 10.7 Å². The quantitative estimate of drug-likeness (QED) is 0.552. The first kappa shape index (κ1) is 14.7. The summed E-state index contributed by atoms with van der Waals surface area (Å²) in [6.07, 6.45) is 2.14. The SMILES string of the molecule is O=c1n(Cc2cccc3ccccc23)nc(-c2cccs2)n1C1CC1. The van der Waals surface area contributed by atoms with Crippen molar-refractivity contribution in [3.63, 3.8) is 0 Å². The smallest absolute Gasteiger partial charge is 0.271 e. The second-order valence-corrected chi connectivity index (χ2v) is 7.43. The molecule has 0 aliphatic heterocycles. The van der Waals surface area contributed by atoms with Crippen molar-refractivity contribution in [2.24, 2.45) is 0 Å². The summed E-state index contributed by atoms with van der Waals surface area (Å²) < 4.78 is 3.51. The zero-order valence-corrected chi connectivity index (χ0v) is 14.4. The number of nitrogens with zero attached hydrogens (tertiary/aromatic N) is 3. The molecule has 1 aliphatic carbocycles. The maximum atomic E-state index is 13.0. The number of thiophene rings is 1. The third-order valence-corrected chi connectivity index (χ3v) is 5.59. The number of hydrogen-bond acceptors (Lipinski definition) is 3. The zero-order chi connectivity index (χ0) is 16.8. The van der Waals surface area contributed by atoms with Crippen molar-refractivity contribution in [2.75, 3.05) is 0 Å². The molecule has 0 saturated heterocycles. The standard InChI is InChI=1S/C20H17N3OS/c24-20-22(13-15-7-3-6-14-5-1-2-8-17(14)15)21-19(18-9-4-12-25-18)23(20)16-10-11-16/h1-9,12,16H,10-11,13H2. The van der Waals surface area contributed by atoms with Crippen LogP contribution in [0, 0.1) is 0 Å². The first-order chi connectivity index (χ1) is 12.3. The lowest BCUT2D eigenvalue weighted by Crippen LogP contribution is -2.25. The van der Waals surface area contributed by atoms with E-state index in [-0.39, 0.29) is 5.69 Å². The van der Waals surface area contributed by atoms with E-state index < -0.39 is 0 Å². The van der Waals surface area contributed by atoms with Gasteiger partial charge in [0.1, 0.15) is 0 Å². The van der Waals surface area contributed by atoms with Gasteiger partial charge in [-0.05, 0) is 40.6 Å². The van der Waals surface area contributed by atoms with E-state index in [2.05, 4.69) is 24.3 Å². The molecule has 1 aliphatic rings. The van der Waals surface area contributed by atoms with Gasteiger partial charge in [0.15, 0.2) is 5.82 Å². The van der Waals surface area contributed by atoms with Crippen LogP contribution in [0.4, 0.5) is 0 Å². The van der Waals surface area contributed by atoms with Crippen LogP contribution < -0.4 is 5.69 Å². The maximum absolute atomic E-state index is 13.0. The van der Waals surface area contributed by atoms with E-state index in [9.17, 15) is 4.79 Å². The number of rotatable bonds is 4. The number of aromatic nitrogens is 3. The van der Waals surface area contributed by atoms with E-state index in [0.29, 0.717) is 12.6 Å². The molecule has 0 spiro atoms. The van der Waals surface area contributed by atoms with Gasteiger partial charge >= 0.3 is 5.69 Å². The normalized spacial score (nSPS) is 14.2. The van der Waals surface area contributed by atoms with Crippen molar-refractivity contribution >= 4 is 22.1 Å². The van der Waals surface area contributed by atoms with E-state index in [1.165, 1.54) is 10.8 Å². The second-order valence-electron chi connectivity index (χ2n) is 6.48. The first-order valence-corrected chi connectivity index (χ1v) is 9.39. The third-order valence-electron chi connectivity index (χ3n) is 4.72. The highest BCUT2D eigenvalue weighted by atomic mass is 32.1. The Morgan fingerprint density at radius 2 is 1.88 bits per heavy atom. The molecule has 2 heterocycles. The van der Waals surface area contributed by atoms with Gasteiger partial charge in [-0.1, -0.05) is 48.5 Å². The Morgan fingerprint density at radius 1 is 1.04 bits per heavy atom. The minimum Gasteiger partial charge on any atom is -0.271 e. The lowest BCUT2D eigenvalue weighted by atomic mass is 10.0. The molecular weight excluding hydrogens is 330 g/mol. The van der Waals surface area contributed by atoms with Gasteiger partial charge in [0.05, 0.1) is 11.4 Å². The molecule has 0 amide bonds. The minimum atomic E-state index is -0.00108. The molecule has 2 aromatic heterocycles. The van der Waals surface area contributed by atoms with Crippen LogP contribution in [0.25, 0.3) is 21.5 Å². The molecule has 0 unspecified atom stereocenters. The highest BCUT2D eigenvalue weighted by molar-refractivity contribution is 7.13. The maximum Gasteiger partial charge on any atom is 0.346 e. The number of benzene rings is 2. The van der Waals surface area contributed by atoms with Gasteiger partial charge in [-0.25, -0.2) is 9.48 Å². The van der Waals surface area contributed by atoms with Crippen LogP contribution in [-0.2, 0) is 6.54 Å². The van der Waals surface area contributed by atoms with E-state index in [1.807, 2.05) is 40.3 Å². The molecule has 5 heteroatoms. The zero-order valence-electron chi connectivity index (χ0n) is 13.6. The van der Waals surface area contributed by atoms with Crippen molar-refractivity contribution in [1.82, 2.24) is 14.3 Å². The predicted molar refractivity (Wildman–Crippen MR) is 101 cm³/mol. The highest BCUT2D eigenvalue weighted by Gasteiger charge is 2.30. The highest BCUT2D eigenvalue weighted by Crippen LogP contribution is 2.37. The monoisotopic (exact) mass is 347 g/mol. The summed E-state index contributed by atoms with van der Waals surface area (Å²) in [5.74, 6) is 0.808. The molecule has 124 valence electrons. The molecule has 25 heavy (non-hydrogen) atoms. The molecule has 0 radical (unpaired) electrons. The molecule has 0 N–H and O–H groups in total. The van der Waals surface area contributed by atoms with Crippen LogP contribution >= 0.6 is 11.3 Å². The first-order valence-electron chi connectivity index (χ1n) is 8.51. The summed E-state index contributed by atoms with van der Waals surface area (Å²) in [7, 11) is 0. The Hall–Kier alpha value is -2.66. The topological polar surface area (TPSA) is 39.8 Å². The molecule has 1 fully saturated rings. The summed E-state index contributed by atoms with van der Waals surface area (Å²) in [5, 5.41) is 9.09. The Bertz CT molecular complexity index is 1100. The average molecular weight is 347 g/mol. The molecule has 4 nitrogen and oxygen atoms in total. The molecule has 5 rings (SSSR count).